The molecule has 12 heavy (non-hydrogen) atoms. The van der Waals surface area contributed by atoms with Gasteiger partial charge < -0.3 is 5.32 Å². The highest BCUT2D eigenvalue weighted by Gasteiger charge is 2.02. The summed E-state index contributed by atoms with van der Waals surface area (Å²) in [5.41, 5.74) is 3.95. The van der Waals surface area contributed by atoms with Crippen molar-refractivity contribution >= 4 is 15.9 Å². The van der Waals surface area contributed by atoms with Crippen molar-refractivity contribution in [2.75, 3.05) is 7.05 Å². The van der Waals surface area contributed by atoms with Crippen LogP contribution in [0.4, 0.5) is 0 Å². The molecule has 0 atom stereocenters. The van der Waals surface area contributed by atoms with E-state index in [2.05, 4.69) is 47.2 Å². The van der Waals surface area contributed by atoms with Crippen LogP contribution in [0.15, 0.2) is 16.6 Å². The molecule has 0 aromatic heterocycles. The maximum Gasteiger partial charge on any atom is 0.0249 e. The summed E-state index contributed by atoms with van der Waals surface area (Å²) in [5, 5.41) is 3.15. The molecule has 0 radical (unpaired) electrons. The minimum atomic E-state index is 0.920. The fourth-order valence-corrected chi connectivity index (χ4v) is 1.73. The van der Waals surface area contributed by atoms with E-state index in [0.29, 0.717) is 0 Å². The molecule has 0 saturated heterocycles. The van der Waals surface area contributed by atoms with Gasteiger partial charge in [-0.3, -0.25) is 0 Å². The van der Waals surface area contributed by atoms with Crippen LogP contribution in [0.3, 0.4) is 0 Å². The van der Waals surface area contributed by atoms with Gasteiger partial charge in [0.25, 0.3) is 0 Å². The van der Waals surface area contributed by atoms with Crippen molar-refractivity contribution in [3.63, 3.8) is 0 Å². The molecule has 1 N–H and O–H groups in total. The molecule has 0 bridgehead atoms. The third-order valence-corrected chi connectivity index (χ3v) is 2.98. The summed E-state index contributed by atoms with van der Waals surface area (Å²) < 4.78 is 1.22. The lowest BCUT2D eigenvalue weighted by atomic mass is 10.1. The molecule has 0 heterocycles. The van der Waals surface area contributed by atoms with E-state index in [0.717, 1.165) is 6.54 Å². The van der Waals surface area contributed by atoms with Crippen LogP contribution >= 0.6 is 15.9 Å². The topological polar surface area (TPSA) is 12.0 Å². The predicted octanol–water partition coefficient (Wildman–Crippen LogP) is 2.79. The van der Waals surface area contributed by atoms with Crippen molar-refractivity contribution < 1.29 is 0 Å². The standard InChI is InChI=1S/C10H14BrN/c1-7-4-8(2)10(11)9(5-7)6-12-3/h4-5,12H,6H2,1-3H3. The molecule has 0 unspecified atom stereocenters. The van der Waals surface area contributed by atoms with Crippen molar-refractivity contribution in [3.05, 3.63) is 33.3 Å². The van der Waals surface area contributed by atoms with E-state index < -0.39 is 0 Å². The van der Waals surface area contributed by atoms with Crippen molar-refractivity contribution in [1.82, 2.24) is 5.32 Å². The fraction of sp³-hybridized carbons (Fsp3) is 0.400. The number of halogens is 1. The summed E-state index contributed by atoms with van der Waals surface area (Å²) in [5.74, 6) is 0. The largest absolute Gasteiger partial charge is 0.316 e. The number of hydrogen-bond acceptors (Lipinski definition) is 1. The summed E-state index contributed by atoms with van der Waals surface area (Å²) in [6, 6.07) is 4.39. The first-order valence-corrected chi connectivity index (χ1v) is 4.84. The van der Waals surface area contributed by atoms with Crippen molar-refractivity contribution in [3.8, 4) is 0 Å². The molecular formula is C10H14BrN. The molecule has 0 aliphatic rings. The first-order valence-electron chi connectivity index (χ1n) is 4.05. The van der Waals surface area contributed by atoms with Gasteiger partial charge >= 0.3 is 0 Å². The lowest BCUT2D eigenvalue weighted by molar-refractivity contribution is 0.812. The van der Waals surface area contributed by atoms with Gasteiger partial charge in [0.15, 0.2) is 0 Å². The van der Waals surface area contributed by atoms with Crippen LogP contribution in [0.5, 0.6) is 0 Å². The molecule has 0 spiro atoms. The number of benzene rings is 1. The van der Waals surface area contributed by atoms with E-state index >= 15 is 0 Å². The molecule has 66 valence electrons. The lowest BCUT2D eigenvalue weighted by Gasteiger charge is -2.07. The highest BCUT2D eigenvalue weighted by atomic mass is 79.9. The van der Waals surface area contributed by atoms with E-state index in [1.807, 2.05) is 7.05 Å². The summed E-state index contributed by atoms with van der Waals surface area (Å²) in [7, 11) is 1.96. The third kappa shape index (κ3) is 2.08. The molecule has 1 nitrogen and oxygen atoms in total. The van der Waals surface area contributed by atoms with Gasteiger partial charge in [0.05, 0.1) is 0 Å². The van der Waals surface area contributed by atoms with Crippen molar-refractivity contribution in [2.24, 2.45) is 0 Å². The molecule has 1 aromatic carbocycles. The van der Waals surface area contributed by atoms with Gasteiger partial charge in [-0.15, -0.1) is 0 Å². The van der Waals surface area contributed by atoms with Gasteiger partial charge in [0.1, 0.15) is 0 Å². The maximum absolute atomic E-state index is 3.58. The number of rotatable bonds is 2. The summed E-state index contributed by atoms with van der Waals surface area (Å²) in [4.78, 5) is 0. The van der Waals surface area contributed by atoms with Gasteiger partial charge in [-0.25, -0.2) is 0 Å². The molecule has 0 aliphatic carbocycles. The Balaban J connectivity index is 3.09. The van der Waals surface area contributed by atoms with Crippen molar-refractivity contribution in [1.29, 1.82) is 0 Å². The maximum atomic E-state index is 3.58. The number of hydrogen-bond donors (Lipinski definition) is 1. The van der Waals surface area contributed by atoms with Gasteiger partial charge in [-0.05, 0) is 32.0 Å². The van der Waals surface area contributed by atoms with E-state index in [1.165, 1.54) is 21.2 Å². The van der Waals surface area contributed by atoms with Crippen LogP contribution in [-0.2, 0) is 6.54 Å². The normalized spacial score (nSPS) is 10.3. The highest BCUT2D eigenvalue weighted by molar-refractivity contribution is 9.10. The number of nitrogens with one attached hydrogen (secondary N) is 1. The molecular weight excluding hydrogens is 214 g/mol. The van der Waals surface area contributed by atoms with Gasteiger partial charge in [-0.2, -0.15) is 0 Å². The number of aryl methyl sites for hydroxylation is 2. The monoisotopic (exact) mass is 227 g/mol. The first-order chi connectivity index (χ1) is 5.65. The zero-order valence-electron chi connectivity index (χ0n) is 7.74. The van der Waals surface area contributed by atoms with Crippen LogP contribution < -0.4 is 5.32 Å². The zero-order valence-corrected chi connectivity index (χ0v) is 9.33. The Morgan fingerprint density at radius 3 is 2.58 bits per heavy atom. The predicted molar refractivity (Wildman–Crippen MR) is 56.4 cm³/mol. The fourth-order valence-electron chi connectivity index (χ4n) is 1.36. The average molecular weight is 228 g/mol. The quantitative estimate of drug-likeness (QED) is 0.820. The van der Waals surface area contributed by atoms with Gasteiger partial charge in [-0.1, -0.05) is 33.6 Å². The van der Waals surface area contributed by atoms with Crippen LogP contribution in [0.2, 0.25) is 0 Å². The second-order valence-corrected chi connectivity index (χ2v) is 3.88. The first kappa shape index (κ1) is 9.75. The summed E-state index contributed by atoms with van der Waals surface area (Å²) >= 11 is 3.58. The van der Waals surface area contributed by atoms with E-state index in [-0.39, 0.29) is 0 Å². The molecule has 2 heteroatoms. The van der Waals surface area contributed by atoms with Crippen LogP contribution in [-0.4, -0.2) is 7.05 Å². The summed E-state index contributed by atoms with van der Waals surface area (Å²) in [6.45, 7) is 5.16. The summed E-state index contributed by atoms with van der Waals surface area (Å²) in [6.07, 6.45) is 0. The Labute approximate surface area is 82.3 Å². The van der Waals surface area contributed by atoms with Gasteiger partial charge in [0, 0.05) is 11.0 Å². The van der Waals surface area contributed by atoms with Crippen molar-refractivity contribution in [2.45, 2.75) is 20.4 Å². The second kappa shape index (κ2) is 4.06. The van der Waals surface area contributed by atoms with Crippen LogP contribution in [0.1, 0.15) is 16.7 Å². The second-order valence-electron chi connectivity index (χ2n) is 3.09. The molecule has 0 aliphatic heterocycles. The Kier molecular flexibility index (Phi) is 3.29. The minimum Gasteiger partial charge on any atom is -0.316 e. The van der Waals surface area contributed by atoms with Crippen LogP contribution in [0.25, 0.3) is 0 Å². The molecule has 0 saturated carbocycles. The highest BCUT2D eigenvalue weighted by Crippen LogP contribution is 2.22. The van der Waals surface area contributed by atoms with Gasteiger partial charge in [0.2, 0.25) is 0 Å². The SMILES string of the molecule is CNCc1cc(C)cc(C)c1Br. The molecule has 1 aromatic rings. The zero-order chi connectivity index (χ0) is 9.14. The lowest BCUT2D eigenvalue weighted by Crippen LogP contribution is -2.06. The Morgan fingerprint density at radius 1 is 1.33 bits per heavy atom. The Hall–Kier alpha value is -0.340. The van der Waals surface area contributed by atoms with Crippen LogP contribution in [0, 0.1) is 13.8 Å². The van der Waals surface area contributed by atoms with E-state index in [1.54, 1.807) is 0 Å². The Morgan fingerprint density at radius 2 is 2.00 bits per heavy atom. The molecule has 1 rings (SSSR count). The molecule has 0 amide bonds. The third-order valence-electron chi connectivity index (χ3n) is 1.84. The average Bonchev–Trinajstić information content (AvgIpc) is 2.00. The van der Waals surface area contributed by atoms with E-state index in [9.17, 15) is 0 Å². The Bertz CT molecular complexity index is 281. The van der Waals surface area contributed by atoms with E-state index in [4.69, 9.17) is 0 Å². The smallest absolute Gasteiger partial charge is 0.0249 e. The molecule has 0 fully saturated rings. The minimum absolute atomic E-state index is 0.920.